The molecule has 0 bridgehead atoms. The number of hydrogen-bond donors (Lipinski definition) is 3. The fourth-order valence-corrected chi connectivity index (χ4v) is 5.14. The first kappa shape index (κ1) is 21.2. The minimum Gasteiger partial charge on any atom is -0.377 e. The van der Waals surface area contributed by atoms with E-state index >= 15 is 0 Å². The van der Waals surface area contributed by atoms with Gasteiger partial charge < -0.3 is 21.3 Å². The highest BCUT2D eigenvalue weighted by Crippen LogP contribution is 2.37. The second-order valence-corrected chi connectivity index (χ2v) is 8.91. The average Bonchev–Trinajstić information content (AvgIpc) is 3.07. The number of nitrogens with zero attached hydrogens (tertiary/aromatic N) is 1. The lowest BCUT2D eigenvalue weighted by atomic mass is 9.76. The van der Waals surface area contributed by atoms with E-state index in [1.54, 1.807) is 0 Å². The number of unbranched alkanes of at least 4 members (excludes halogenated alkanes) is 2. The molecule has 0 spiro atoms. The molecule has 1 aliphatic heterocycles. The molecule has 5 unspecified atom stereocenters. The van der Waals surface area contributed by atoms with Gasteiger partial charge in [0, 0.05) is 50.0 Å². The Labute approximate surface area is 169 Å². The van der Waals surface area contributed by atoms with Crippen LogP contribution in [0.2, 0.25) is 0 Å². The molecule has 3 rings (SSSR count). The van der Waals surface area contributed by atoms with Gasteiger partial charge in [-0.3, -0.25) is 9.59 Å². The van der Waals surface area contributed by atoms with Gasteiger partial charge in [0.15, 0.2) is 0 Å². The standard InChI is InChI=1S/C22H38N4O2/c1-26-15-13-16-17(8-7-11-20(16)26)22(28)24-14-6-2-3-12-21(27)25-19-10-5-4-9-18(19)23/h13,15-20H,2-12,14,23H2,1H3,(H,24,28)(H,25,27). The van der Waals surface area contributed by atoms with Crippen molar-refractivity contribution in [1.29, 1.82) is 0 Å². The van der Waals surface area contributed by atoms with Crippen LogP contribution < -0.4 is 16.4 Å². The highest BCUT2D eigenvalue weighted by Gasteiger charge is 2.39. The number of rotatable bonds is 8. The van der Waals surface area contributed by atoms with E-state index in [4.69, 9.17) is 5.73 Å². The zero-order valence-corrected chi connectivity index (χ0v) is 17.4. The van der Waals surface area contributed by atoms with Crippen LogP contribution in [0.5, 0.6) is 0 Å². The zero-order chi connectivity index (χ0) is 19.9. The Balaban J connectivity index is 1.26. The SMILES string of the molecule is CN1C=CC2C(C(=O)NCCCCCC(=O)NC3CCCCC3N)CCCC21. The van der Waals surface area contributed by atoms with Gasteiger partial charge >= 0.3 is 0 Å². The van der Waals surface area contributed by atoms with Crippen LogP contribution in [0, 0.1) is 11.8 Å². The molecule has 4 N–H and O–H groups in total. The Morgan fingerprint density at radius 2 is 1.89 bits per heavy atom. The molecule has 6 nitrogen and oxygen atoms in total. The Morgan fingerprint density at radius 3 is 2.71 bits per heavy atom. The van der Waals surface area contributed by atoms with Gasteiger partial charge in [-0.05, 0) is 44.7 Å². The van der Waals surface area contributed by atoms with Crippen molar-refractivity contribution in [3.05, 3.63) is 12.3 Å². The van der Waals surface area contributed by atoms with Crippen LogP contribution in [-0.2, 0) is 9.59 Å². The molecule has 0 aromatic heterocycles. The highest BCUT2D eigenvalue weighted by atomic mass is 16.2. The monoisotopic (exact) mass is 390 g/mol. The normalized spacial score (nSPS) is 32.1. The topological polar surface area (TPSA) is 87.5 Å². The van der Waals surface area contributed by atoms with E-state index < -0.39 is 0 Å². The van der Waals surface area contributed by atoms with Crippen molar-refractivity contribution in [2.24, 2.45) is 17.6 Å². The molecule has 6 heteroatoms. The molecule has 158 valence electrons. The van der Waals surface area contributed by atoms with E-state index in [-0.39, 0.29) is 29.8 Å². The number of hydrogen-bond acceptors (Lipinski definition) is 4. The van der Waals surface area contributed by atoms with Crippen molar-refractivity contribution < 1.29 is 9.59 Å². The predicted molar refractivity (Wildman–Crippen MR) is 111 cm³/mol. The van der Waals surface area contributed by atoms with Crippen molar-refractivity contribution in [3.63, 3.8) is 0 Å². The average molecular weight is 391 g/mol. The lowest BCUT2D eigenvalue weighted by molar-refractivity contribution is -0.127. The van der Waals surface area contributed by atoms with Gasteiger partial charge in [0.05, 0.1) is 0 Å². The molecule has 1 heterocycles. The van der Waals surface area contributed by atoms with Gasteiger partial charge in [0.2, 0.25) is 11.8 Å². The fourth-order valence-electron chi connectivity index (χ4n) is 5.14. The van der Waals surface area contributed by atoms with Gasteiger partial charge in [-0.2, -0.15) is 0 Å². The summed E-state index contributed by atoms with van der Waals surface area (Å²) in [6, 6.07) is 0.769. The van der Waals surface area contributed by atoms with Crippen LogP contribution in [0.4, 0.5) is 0 Å². The Kier molecular flexibility index (Phi) is 7.77. The van der Waals surface area contributed by atoms with E-state index in [2.05, 4.69) is 34.9 Å². The summed E-state index contributed by atoms with van der Waals surface area (Å²) in [5.74, 6) is 0.814. The molecule has 2 saturated carbocycles. The number of amides is 2. The third kappa shape index (κ3) is 5.49. The molecule has 0 aromatic carbocycles. The maximum absolute atomic E-state index is 12.6. The molecule has 2 aliphatic carbocycles. The van der Waals surface area contributed by atoms with Gasteiger partial charge in [-0.1, -0.05) is 31.8 Å². The molecule has 3 aliphatic rings. The summed E-state index contributed by atoms with van der Waals surface area (Å²) in [5, 5.41) is 6.23. The van der Waals surface area contributed by atoms with Crippen LogP contribution in [0.15, 0.2) is 12.3 Å². The minimum absolute atomic E-state index is 0.113. The Bertz CT molecular complexity index is 565. The van der Waals surface area contributed by atoms with E-state index in [1.807, 2.05) is 0 Å². The number of carbonyl (C=O) groups excluding carboxylic acids is 2. The second kappa shape index (κ2) is 10.3. The third-order valence-electron chi connectivity index (χ3n) is 6.87. The predicted octanol–water partition coefficient (Wildman–Crippen LogP) is 2.29. The Hall–Kier alpha value is -1.56. The van der Waals surface area contributed by atoms with E-state index in [9.17, 15) is 9.59 Å². The van der Waals surface area contributed by atoms with Crippen LogP contribution in [0.1, 0.15) is 70.6 Å². The third-order valence-corrected chi connectivity index (χ3v) is 6.87. The fraction of sp³-hybridized carbons (Fsp3) is 0.818. The van der Waals surface area contributed by atoms with Crippen molar-refractivity contribution in [1.82, 2.24) is 15.5 Å². The molecule has 0 saturated heterocycles. The van der Waals surface area contributed by atoms with Gasteiger partial charge in [-0.25, -0.2) is 0 Å². The maximum atomic E-state index is 12.6. The second-order valence-electron chi connectivity index (χ2n) is 8.91. The van der Waals surface area contributed by atoms with E-state index in [1.165, 1.54) is 12.8 Å². The Morgan fingerprint density at radius 1 is 1.07 bits per heavy atom. The number of fused-ring (bicyclic) bond motifs is 1. The van der Waals surface area contributed by atoms with Crippen LogP contribution in [0.3, 0.4) is 0 Å². The zero-order valence-electron chi connectivity index (χ0n) is 17.4. The van der Waals surface area contributed by atoms with E-state index in [0.717, 1.165) is 51.4 Å². The molecule has 28 heavy (non-hydrogen) atoms. The summed E-state index contributed by atoms with van der Waals surface area (Å²) in [6.45, 7) is 0.710. The molecular formula is C22H38N4O2. The largest absolute Gasteiger partial charge is 0.377 e. The lowest BCUT2D eigenvalue weighted by Crippen LogP contribution is -2.49. The minimum atomic E-state index is 0.113. The van der Waals surface area contributed by atoms with Crippen molar-refractivity contribution in [2.75, 3.05) is 13.6 Å². The van der Waals surface area contributed by atoms with E-state index in [0.29, 0.717) is 24.9 Å². The summed E-state index contributed by atoms with van der Waals surface area (Å²) in [7, 11) is 2.11. The van der Waals surface area contributed by atoms with Crippen molar-refractivity contribution in [3.8, 4) is 0 Å². The summed E-state index contributed by atoms with van der Waals surface area (Å²) in [5.41, 5.74) is 6.09. The molecule has 0 radical (unpaired) electrons. The highest BCUT2D eigenvalue weighted by molar-refractivity contribution is 5.79. The first-order chi connectivity index (χ1) is 13.6. The van der Waals surface area contributed by atoms with Crippen LogP contribution in [0.25, 0.3) is 0 Å². The quantitative estimate of drug-likeness (QED) is 0.555. The molecule has 2 fully saturated rings. The first-order valence-corrected chi connectivity index (χ1v) is 11.3. The smallest absolute Gasteiger partial charge is 0.223 e. The summed E-state index contributed by atoms with van der Waals surface area (Å²) < 4.78 is 0. The summed E-state index contributed by atoms with van der Waals surface area (Å²) >= 11 is 0. The summed E-state index contributed by atoms with van der Waals surface area (Å²) in [4.78, 5) is 27.0. The number of carbonyl (C=O) groups is 2. The lowest BCUT2D eigenvalue weighted by Gasteiger charge is -2.35. The summed E-state index contributed by atoms with van der Waals surface area (Å²) in [6.07, 6.45) is 15.3. The molecule has 2 amide bonds. The van der Waals surface area contributed by atoms with Gasteiger partial charge in [0.25, 0.3) is 0 Å². The van der Waals surface area contributed by atoms with Crippen molar-refractivity contribution >= 4 is 11.8 Å². The molecule has 0 aromatic rings. The molecule has 5 atom stereocenters. The van der Waals surface area contributed by atoms with Gasteiger partial charge in [0.1, 0.15) is 0 Å². The van der Waals surface area contributed by atoms with Crippen molar-refractivity contribution in [2.45, 2.75) is 88.8 Å². The number of nitrogens with two attached hydrogens (primary N) is 1. The maximum Gasteiger partial charge on any atom is 0.223 e. The first-order valence-electron chi connectivity index (χ1n) is 11.3. The number of nitrogens with one attached hydrogen (secondary N) is 2. The molecular weight excluding hydrogens is 352 g/mol. The van der Waals surface area contributed by atoms with Crippen LogP contribution in [-0.4, -0.2) is 48.4 Å². The van der Waals surface area contributed by atoms with Gasteiger partial charge in [-0.15, -0.1) is 0 Å². The van der Waals surface area contributed by atoms with Crippen LogP contribution >= 0.6 is 0 Å².